The van der Waals surface area contributed by atoms with Gasteiger partial charge in [-0.1, -0.05) is 13.8 Å². The highest BCUT2D eigenvalue weighted by Crippen LogP contribution is 2.17. The maximum absolute atomic E-state index is 4.63. The van der Waals surface area contributed by atoms with E-state index in [9.17, 15) is 0 Å². The Kier molecular flexibility index (Phi) is 6.78. The molecule has 0 saturated heterocycles. The van der Waals surface area contributed by atoms with Crippen molar-refractivity contribution < 1.29 is 0 Å². The number of guanidine groups is 1. The molecule has 2 aromatic rings. The highest BCUT2D eigenvalue weighted by Gasteiger charge is 2.06. The number of aryl methyl sites for hydroxylation is 3. The summed E-state index contributed by atoms with van der Waals surface area (Å²) in [5.74, 6) is 1.28. The Morgan fingerprint density at radius 1 is 1.33 bits per heavy atom. The van der Waals surface area contributed by atoms with Gasteiger partial charge < -0.3 is 10.6 Å². The van der Waals surface area contributed by atoms with Gasteiger partial charge in [0.1, 0.15) is 5.01 Å². The maximum atomic E-state index is 4.63. The normalized spacial score (nSPS) is 12.0. The van der Waals surface area contributed by atoms with Crippen molar-refractivity contribution in [3.63, 3.8) is 0 Å². The van der Waals surface area contributed by atoms with Crippen LogP contribution >= 0.6 is 11.3 Å². The van der Waals surface area contributed by atoms with Gasteiger partial charge in [0.05, 0.1) is 17.9 Å². The number of aromatic nitrogens is 3. The number of thiazole rings is 1. The van der Waals surface area contributed by atoms with Crippen molar-refractivity contribution in [2.24, 2.45) is 4.99 Å². The first kappa shape index (κ1) is 18.4. The molecule has 0 radical (unpaired) electrons. The molecule has 0 atom stereocenters. The van der Waals surface area contributed by atoms with E-state index in [4.69, 9.17) is 0 Å². The monoisotopic (exact) mass is 348 g/mol. The summed E-state index contributed by atoms with van der Waals surface area (Å²) in [5.41, 5.74) is 3.44. The van der Waals surface area contributed by atoms with Gasteiger partial charge in [0.2, 0.25) is 0 Å². The SMILES string of the molecule is CN=C(NCCCn1nc(C)cc1C)NCc1nc(C(C)C)cs1. The van der Waals surface area contributed by atoms with E-state index in [1.165, 1.54) is 5.69 Å². The molecule has 0 unspecified atom stereocenters. The summed E-state index contributed by atoms with van der Waals surface area (Å²) in [6, 6.07) is 2.10. The van der Waals surface area contributed by atoms with Crippen molar-refractivity contribution in [3.8, 4) is 0 Å². The topological polar surface area (TPSA) is 67.1 Å². The number of hydrogen-bond acceptors (Lipinski definition) is 4. The molecule has 0 bridgehead atoms. The third kappa shape index (κ3) is 5.33. The Balaban J connectivity index is 1.71. The molecule has 0 aliphatic rings. The molecule has 7 heteroatoms. The Morgan fingerprint density at radius 3 is 2.71 bits per heavy atom. The van der Waals surface area contributed by atoms with Gasteiger partial charge in [0, 0.05) is 31.2 Å². The van der Waals surface area contributed by atoms with Crippen LogP contribution in [-0.4, -0.2) is 34.3 Å². The smallest absolute Gasteiger partial charge is 0.191 e. The summed E-state index contributed by atoms with van der Waals surface area (Å²) < 4.78 is 2.05. The summed E-state index contributed by atoms with van der Waals surface area (Å²) in [4.78, 5) is 8.89. The van der Waals surface area contributed by atoms with Gasteiger partial charge in [-0.05, 0) is 32.3 Å². The van der Waals surface area contributed by atoms with Crippen molar-refractivity contribution in [3.05, 3.63) is 33.5 Å². The molecular weight excluding hydrogens is 320 g/mol. The van der Waals surface area contributed by atoms with E-state index in [1.54, 1.807) is 18.4 Å². The molecule has 2 aromatic heterocycles. The second kappa shape index (κ2) is 8.82. The quantitative estimate of drug-likeness (QED) is 0.459. The first-order valence-electron chi connectivity index (χ1n) is 8.39. The summed E-state index contributed by atoms with van der Waals surface area (Å²) >= 11 is 1.69. The third-order valence-corrected chi connectivity index (χ3v) is 4.60. The van der Waals surface area contributed by atoms with Crippen LogP contribution in [0, 0.1) is 13.8 Å². The molecule has 0 aromatic carbocycles. The van der Waals surface area contributed by atoms with E-state index >= 15 is 0 Å². The summed E-state index contributed by atoms with van der Waals surface area (Å²) in [7, 11) is 1.79. The predicted molar refractivity (Wildman–Crippen MR) is 101 cm³/mol. The second-order valence-corrected chi connectivity index (χ2v) is 7.12. The minimum absolute atomic E-state index is 0.474. The van der Waals surface area contributed by atoms with Gasteiger partial charge in [0.15, 0.2) is 5.96 Å². The van der Waals surface area contributed by atoms with Gasteiger partial charge in [-0.25, -0.2) is 4.98 Å². The van der Waals surface area contributed by atoms with Crippen molar-refractivity contribution in [1.29, 1.82) is 0 Å². The average Bonchev–Trinajstić information content (AvgIpc) is 3.13. The van der Waals surface area contributed by atoms with Gasteiger partial charge in [0.25, 0.3) is 0 Å². The molecule has 2 rings (SSSR count). The van der Waals surface area contributed by atoms with E-state index < -0.39 is 0 Å². The molecular formula is C17H28N6S. The van der Waals surface area contributed by atoms with Gasteiger partial charge in [-0.15, -0.1) is 11.3 Å². The lowest BCUT2D eigenvalue weighted by molar-refractivity contribution is 0.555. The lowest BCUT2D eigenvalue weighted by Crippen LogP contribution is -2.37. The zero-order valence-corrected chi connectivity index (χ0v) is 16.1. The lowest BCUT2D eigenvalue weighted by Gasteiger charge is -2.11. The molecule has 0 aliphatic carbocycles. The molecule has 132 valence electrons. The fraction of sp³-hybridized carbons (Fsp3) is 0.588. The largest absolute Gasteiger partial charge is 0.356 e. The van der Waals surface area contributed by atoms with Crippen LogP contribution in [0.15, 0.2) is 16.4 Å². The van der Waals surface area contributed by atoms with Crippen molar-refractivity contribution in [2.75, 3.05) is 13.6 Å². The minimum Gasteiger partial charge on any atom is -0.356 e. The summed E-state index contributed by atoms with van der Waals surface area (Å²) in [5, 5.41) is 14.4. The fourth-order valence-electron chi connectivity index (χ4n) is 2.39. The predicted octanol–water partition coefficient (Wildman–Crippen LogP) is 2.84. The molecule has 2 N–H and O–H groups in total. The zero-order chi connectivity index (χ0) is 17.5. The van der Waals surface area contributed by atoms with Crippen molar-refractivity contribution in [2.45, 2.75) is 53.1 Å². The van der Waals surface area contributed by atoms with Crippen molar-refractivity contribution >= 4 is 17.3 Å². The van der Waals surface area contributed by atoms with Crippen LogP contribution in [0.25, 0.3) is 0 Å². The van der Waals surface area contributed by atoms with Crippen molar-refractivity contribution in [1.82, 2.24) is 25.4 Å². The van der Waals surface area contributed by atoms with Crippen LogP contribution in [0.1, 0.15) is 48.3 Å². The van der Waals surface area contributed by atoms with Crippen LogP contribution in [0.4, 0.5) is 0 Å². The third-order valence-electron chi connectivity index (χ3n) is 3.73. The number of nitrogens with one attached hydrogen (secondary N) is 2. The fourth-order valence-corrected chi connectivity index (χ4v) is 3.28. The highest BCUT2D eigenvalue weighted by atomic mass is 32.1. The number of nitrogens with zero attached hydrogens (tertiary/aromatic N) is 4. The molecule has 0 spiro atoms. The van der Waals surface area contributed by atoms with Gasteiger partial charge >= 0.3 is 0 Å². The Morgan fingerprint density at radius 2 is 2.12 bits per heavy atom. The zero-order valence-electron chi connectivity index (χ0n) is 15.3. The number of rotatable bonds is 7. The first-order chi connectivity index (χ1) is 11.5. The van der Waals surface area contributed by atoms with Crippen LogP contribution in [0.5, 0.6) is 0 Å². The van der Waals surface area contributed by atoms with Crippen LogP contribution in [-0.2, 0) is 13.1 Å². The van der Waals surface area contributed by atoms with Crippen LogP contribution in [0.3, 0.4) is 0 Å². The van der Waals surface area contributed by atoms with Crippen LogP contribution in [0.2, 0.25) is 0 Å². The molecule has 0 fully saturated rings. The molecule has 24 heavy (non-hydrogen) atoms. The van der Waals surface area contributed by atoms with E-state index in [1.807, 2.05) is 6.92 Å². The van der Waals surface area contributed by atoms with Gasteiger partial charge in [-0.3, -0.25) is 9.67 Å². The molecule has 0 amide bonds. The Bertz CT molecular complexity index is 670. The molecule has 0 aliphatic heterocycles. The number of hydrogen-bond donors (Lipinski definition) is 2. The molecule has 2 heterocycles. The lowest BCUT2D eigenvalue weighted by atomic mass is 10.2. The highest BCUT2D eigenvalue weighted by molar-refractivity contribution is 7.09. The second-order valence-electron chi connectivity index (χ2n) is 6.18. The molecule has 0 saturated carbocycles. The van der Waals surface area contributed by atoms with Gasteiger partial charge in [-0.2, -0.15) is 5.10 Å². The minimum atomic E-state index is 0.474. The van der Waals surface area contributed by atoms with E-state index in [0.29, 0.717) is 12.5 Å². The van der Waals surface area contributed by atoms with E-state index in [0.717, 1.165) is 41.9 Å². The van der Waals surface area contributed by atoms with Crippen LogP contribution < -0.4 is 10.6 Å². The Hall–Kier alpha value is -1.89. The first-order valence-corrected chi connectivity index (χ1v) is 9.27. The molecule has 6 nitrogen and oxygen atoms in total. The van der Waals surface area contributed by atoms with E-state index in [-0.39, 0.29) is 0 Å². The number of aliphatic imine (C=N–C) groups is 1. The average molecular weight is 349 g/mol. The van der Waals surface area contributed by atoms with E-state index in [2.05, 4.69) is 62.6 Å². The summed E-state index contributed by atoms with van der Waals surface area (Å²) in [6.45, 7) is 10.9. The Labute approximate surface area is 148 Å². The summed E-state index contributed by atoms with van der Waals surface area (Å²) in [6.07, 6.45) is 0.997. The maximum Gasteiger partial charge on any atom is 0.191 e. The standard InChI is InChI=1S/C17H28N6S/c1-12(2)15-11-24-16(21-15)10-20-17(18-5)19-7-6-8-23-14(4)9-13(3)22-23/h9,11-12H,6-8,10H2,1-5H3,(H2,18,19,20).